The normalized spacial score (nSPS) is 13.0. The molecular formula is C5H7FO. The minimum atomic E-state index is -0.407. The van der Waals surface area contributed by atoms with Gasteiger partial charge in [0, 0.05) is 5.57 Å². The van der Waals surface area contributed by atoms with E-state index in [0.717, 1.165) is 0 Å². The van der Waals surface area contributed by atoms with Crippen molar-refractivity contribution in [2.45, 2.75) is 13.8 Å². The zero-order valence-corrected chi connectivity index (χ0v) is 4.36. The van der Waals surface area contributed by atoms with E-state index in [1.807, 2.05) is 0 Å². The van der Waals surface area contributed by atoms with Crippen molar-refractivity contribution >= 4 is 6.29 Å². The quantitative estimate of drug-likeness (QED) is 0.361. The summed E-state index contributed by atoms with van der Waals surface area (Å²) in [6.07, 6.45) is 0.495. The van der Waals surface area contributed by atoms with E-state index >= 15 is 0 Å². The Labute approximate surface area is 41.8 Å². The van der Waals surface area contributed by atoms with Gasteiger partial charge in [-0.05, 0) is 13.8 Å². The summed E-state index contributed by atoms with van der Waals surface area (Å²) >= 11 is 0. The number of carbonyl (C=O) groups excluding carboxylic acids is 1. The maximum absolute atomic E-state index is 11.7. The van der Waals surface area contributed by atoms with E-state index in [1.54, 1.807) is 0 Å². The molecule has 0 radical (unpaired) electrons. The Morgan fingerprint density at radius 3 is 2.00 bits per heavy atom. The van der Waals surface area contributed by atoms with Crippen LogP contribution in [0.1, 0.15) is 13.8 Å². The summed E-state index contributed by atoms with van der Waals surface area (Å²) in [5, 5.41) is 0. The standard InChI is InChI=1S/C5H7FO/c1-4(3-7)5(2)6/h3H,1-2H3/b5-4-. The predicted molar refractivity (Wildman–Crippen MR) is 25.5 cm³/mol. The van der Waals surface area contributed by atoms with Crippen molar-refractivity contribution in [3.63, 3.8) is 0 Å². The summed E-state index contributed by atoms with van der Waals surface area (Å²) in [4.78, 5) is 9.65. The lowest BCUT2D eigenvalue weighted by Gasteiger charge is -1.82. The molecule has 0 amide bonds. The fraction of sp³-hybridized carbons (Fsp3) is 0.400. The van der Waals surface area contributed by atoms with Gasteiger partial charge in [-0.15, -0.1) is 0 Å². The zero-order chi connectivity index (χ0) is 5.86. The zero-order valence-electron chi connectivity index (χ0n) is 4.36. The number of rotatable bonds is 1. The van der Waals surface area contributed by atoms with Crippen LogP contribution < -0.4 is 0 Å². The maximum atomic E-state index is 11.7. The molecule has 7 heavy (non-hydrogen) atoms. The van der Waals surface area contributed by atoms with Crippen LogP contribution in [-0.2, 0) is 4.79 Å². The minimum Gasteiger partial charge on any atom is -0.298 e. The second-order valence-electron chi connectivity index (χ2n) is 1.33. The summed E-state index contributed by atoms with van der Waals surface area (Å²) in [6, 6.07) is 0. The van der Waals surface area contributed by atoms with Gasteiger partial charge >= 0.3 is 0 Å². The van der Waals surface area contributed by atoms with Gasteiger partial charge in [0.1, 0.15) is 12.1 Å². The molecule has 0 spiro atoms. The number of hydrogen-bond donors (Lipinski definition) is 0. The van der Waals surface area contributed by atoms with Gasteiger partial charge in [0.2, 0.25) is 0 Å². The fourth-order valence-corrected chi connectivity index (χ4v) is 0.0812. The molecule has 0 aromatic carbocycles. The van der Waals surface area contributed by atoms with Crippen molar-refractivity contribution in [1.82, 2.24) is 0 Å². The summed E-state index contributed by atoms with van der Waals surface area (Å²) in [6.45, 7) is 2.69. The molecule has 0 heterocycles. The average molecular weight is 102 g/mol. The molecule has 40 valence electrons. The third-order valence-electron chi connectivity index (χ3n) is 0.720. The molecule has 0 aliphatic heterocycles. The minimum absolute atomic E-state index is 0.167. The predicted octanol–water partition coefficient (Wildman–Crippen LogP) is 1.45. The van der Waals surface area contributed by atoms with Crippen molar-refractivity contribution in [3.05, 3.63) is 11.4 Å². The Bertz CT molecular complexity index is 101. The van der Waals surface area contributed by atoms with E-state index in [0.29, 0.717) is 6.29 Å². The third kappa shape index (κ3) is 2.09. The molecule has 0 fully saturated rings. The molecule has 0 bridgehead atoms. The lowest BCUT2D eigenvalue weighted by Crippen LogP contribution is -1.76. The van der Waals surface area contributed by atoms with Gasteiger partial charge in [0.05, 0.1) is 0 Å². The van der Waals surface area contributed by atoms with E-state index in [-0.39, 0.29) is 5.57 Å². The maximum Gasteiger partial charge on any atom is 0.148 e. The number of halogens is 1. The average Bonchev–Trinajstić information content (AvgIpc) is 1.65. The Morgan fingerprint density at radius 2 is 2.00 bits per heavy atom. The summed E-state index contributed by atoms with van der Waals surface area (Å²) in [7, 11) is 0. The van der Waals surface area contributed by atoms with Gasteiger partial charge in [-0.1, -0.05) is 0 Å². The van der Waals surface area contributed by atoms with E-state index in [1.165, 1.54) is 13.8 Å². The van der Waals surface area contributed by atoms with Crippen LogP contribution in [0, 0.1) is 0 Å². The molecule has 0 aliphatic rings. The lowest BCUT2D eigenvalue weighted by molar-refractivity contribution is -0.105. The second-order valence-corrected chi connectivity index (χ2v) is 1.33. The van der Waals surface area contributed by atoms with Crippen molar-refractivity contribution in [2.24, 2.45) is 0 Å². The number of aldehydes is 1. The molecule has 1 nitrogen and oxygen atoms in total. The Balaban J connectivity index is 3.98. The molecule has 0 atom stereocenters. The van der Waals surface area contributed by atoms with Crippen molar-refractivity contribution in [3.8, 4) is 0 Å². The fourth-order valence-electron chi connectivity index (χ4n) is 0.0812. The molecule has 2 heteroatoms. The summed E-state index contributed by atoms with van der Waals surface area (Å²) < 4.78 is 11.7. The van der Waals surface area contributed by atoms with Gasteiger partial charge in [-0.25, -0.2) is 4.39 Å². The molecule has 0 aromatic heterocycles. The Morgan fingerprint density at radius 1 is 1.57 bits per heavy atom. The van der Waals surface area contributed by atoms with E-state index in [2.05, 4.69) is 0 Å². The summed E-state index contributed by atoms with van der Waals surface area (Å²) in [5.74, 6) is -0.407. The molecule has 0 N–H and O–H groups in total. The van der Waals surface area contributed by atoms with Crippen LogP contribution in [0.2, 0.25) is 0 Å². The van der Waals surface area contributed by atoms with Gasteiger partial charge < -0.3 is 0 Å². The first-order chi connectivity index (χ1) is 3.18. The topological polar surface area (TPSA) is 17.1 Å². The number of hydrogen-bond acceptors (Lipinski definition) is 1. The van der Waals surface area contributed by atoms with Crippen molar-refractivity contribution in [1.29, 1.82) is 0 Å². The SMILES string of the molecule is C/C(F)=C(\C)C=O. The molecule has 0 aromatic rings. The van der Waals surface area contributed by atoms with Crippen molar-refractivity contribution in [2.75, 3.05) is 0 Å². The van der Waals surface area contributed by atoms with Crippen LogP contribution in [0.5, 0.6) is 0 Å². The van der Waals surface area contributed by atoms with E-state index in [4.69, 9.17) is 0 Å². The second kappa shape index (κ2) is 2.50. The molecule has 0 saturated heterocycles. The van der Waals surface area contributed by atoms with Gasteiger partial charge in [-0.2, -0.15) is 0 Å². The Hall–Kier alpha value is -0.660. The smallest absolute Gasteiger partial charge is 0.148 e. The molecule has 0 aliphatic carbocycles. The highest BCUT2D eigenvalue weighted by Crippen LogP contribution is 1.98. The monoisotopic (exact) mass is 102 g/mol. The highest BCUT2D eigenvalue weighted by molar-refractivity contribution is 5.72. The van der Waals surface area contributed by atoms with Crippen LogP contribution in [0.15, 0.2) is 11.4 Å². The molecule has 0 unspecified atom stereocenters. The first kappa shape index (κ1) is 6.34. The lowest BCUT2D eigenvalue weighted by atomic mass is 10.3. The number of allylic oxidation sites excluding steroid dienone is 2. The molecular weight excluding hydrogens is 95.1 g/mol. The van der Waals surface area contributed by atoms with Crippen LogP contribution >= 0.6 is 0 Å². The van der Waals surface area contributed by atoms with E-state index in [9.17, 15) is 9.18 Å². The Kier molecular flexibility index (Phi) is 2.27. The molecule has 0 rings (SSSR count). The van der Waals surface area contributed by atoms with Crippen LogP contribution in [0.4, 0.5) is 4.39 Å². The largest absolute Gasteiger partial charge is 0.298 e. The highest BCUT2D eigenvalue weighted by atomic mass is 19.1. The van der Waals surface area contributed by atoms with Gasteiger partial charge in [-0.3, -0.25) is 4.79 Å². The number of carbonyl (C=O) groups is 1. The van der Waals surface area contributed by atoms with Crippen molar-refractivity contribution < 1.29 is 9.18 Å². The summed E-state index contributed by atoms with van der Waals surface area (Å²) in [5.41, 5.74) is 0.167. The van der Waals surface area contributed by atoms with Crippen LogP contribution in [0.3, 0.4) is 0 Å². The van der Waals surface area contributed by atoms with Gasteiger partial charge in [0.15, 0.2) is 0 Å². The van der Waals surface area contributed by atoms with Gasteiger partial charge in [0.25, 0.3) is 0 Å². The molecule has 0 saturated carbocycles. The van der Waals surface area contributed by atoms with E-state index < -0.39 is 5.83 Å². The van der Waals surface area contributed by atoms with Crippen LogP contribution in [-0.4, -0.2) is 6.29 Å². The van der Waals surface area contributed by atoms with Crippen LogP contribution in [0.25, 0.3) is 0 Å². The first-order valence-electron chi connectivity index (χ1n) is 1.96. The first-order valence-corrected chi connectivity index (χ1v) is 1.96. The highest BCUT2D eigenvalue weighted by Gasteiger charge is 1.88. The third-order valence-corrected chi connectivity index (χ3v) is 0.720.